The van der Waals surface area contributed by atoms with Crippen LogP contribution in [0.25, 0.3) is 0 Å². The molecule has 0 saturated heterocycles. The van der Waals surface area contributed by atoms with Crippen molar-refractivity contribution in [3.05, 3.63) is 0 Å². The normalized spacial score (nSPS) is 14.2. The summed E-state index contributed by atoms with van der Waals surface area (Å²) in [6.07, 6.45) is 2.30. The van der Waals surface area contributed by atoms with Gasteiger partial charge in [0.15, 0.2) is 0 Å². The number of ether oxygens (including phenoxy) is 2. The second-order valence-corrected chi connectivity index (χ2v) is 5.01. The van der Waals surface area contributed by atoms with E-state index in [0.29, 0.717) is 19.8 Å². The Balaban J connectivity index is 3.24. The van der Waals surface area contributed by atoms with E-state index in [4.69, 9.17) is 15.2 Å². The first-order valence-corrected chi connectivity index (χ1v) is 5.89. The first-order chi connectivity index (χ1) is 6.98. The zero-order valence-corrected chi connectivity index (χ0v) is 10.7. The monoisotopic (exact) mass is 217 g/mol. The van der Waals surface area contributed by atoms with E-state index in [9.17, 15) is 0 Å². The molecule has 0 aromatic carbocycles. The number of rotatable bonds is 8. The zero-order chi connectivity index (χ0) is 11.7. The number of hydrogen-bond donors (Lipinski definition) is 1. The van der Waals surface area contributed by atoms with Gasteiger partial charge in [-0.1, -0.05) is 34.1 Å². The topological polar surface area (TPSA) is 44.5 Å². The number of hydrogen-bond acceptors (Lipinski definition) is 3. The van der Waals surface area contributed by atoms with Gasteiger partial charge in [-0.2, -0.15) is 0 Å². The molecule has 0 heterocycles. The molecule has 0 fully saturated rings. The van der Waals surface area contributed by atoms with Gasteiger partial charge in [0.05, 0.1) is 19.8 Å². The summed E-state index contributed by atoms with van der Waals surface area (Å²) in [6, 6.07) is 0.0909. The maximum absolute atomic E-state index is 5.95. The summed E-state index contributed by atoms with van der Waals surface area (Å²) in [5, 5.41) is 0. The molecule has 2 N–H and O–H groups in total. The van der Waals surface area contributed by atoms with Gasteiger partial charge < -0.3 is 15.2 Å². The van der Waals surface area contributed by atoms with E-state index in [1.807, 2.05) is 0 Å². The van der Waals surface area contributed by atoms with Crippen LogP contribution in [0.5, 0.6) is 0 Å². The highest BCUT2D eigenvalue weighted by Crippen LogP contribution is 2.17. The van der Waals surface area contributed by atoms with E-state index >= 15 is 0 Å². The molecule has 0 bridgehead atoms. The van der Waals surface area contributed by atoms with E-state index in [-0.39, 0.29) is 11.5 Å². The van der Waals surface area contributed by atoms with Gasteiger partial charge in [-0.15, -0.1) is 0 Å². The number of nitrogens with two attached hydrogens (primary N) is 1. The van der Waals surface area contributed by atoms with Crippen LogP contribution in [0.2, 0.25) is 0 Å². The highest BCUT2D eigenvalue weighted by Gasteiger charge is 2.20. The molecule has 0 spiro atoms. The minimum atomic E-state index is 0.0909. The van der Waals surface area contributed by atoms with Crippen LogP contribution >= 0.6 is 0 Å². The Bertz CT molecular complexity index is 143. The van der Waals surface area contributed by atoms with Crippen molar-refractivity contribution in [3.8, 4) is 0 Å². The first-order valence-electron chi connectivity index (χ1n) is 5.89. The fourth-order valence-corrected chi connectivity index (χ4v) is 0.927. The van der Waals surface area contributed by atoms with Crippen LogP contribution in [-0.2, 0) is 9.47 Å². The Kier molecular flexibility index (Phi) is 8.02. The van der Waals surface area contributed by atoms with Crippen LogP contribution in [0.15, 0.2) is 0 Å². The van der Waals surface area contributed by atoms with Gasteiger partial charge in [-0.25, -0.2) is 0 Å². The maximum Gasteiger partial charge on any atom is 0.0701 e. The summed E-state index contributed by atoms with van der Waals surface area (Å²) in [7, 11) is 0. The van der Waals surface area contributed by atoms with Gasteiger partial charge in [-0.3, -0.25) is 0 Å². The molecule has 0 rings (SSSR count). The van der Waals surface area contributed by atoms with Crippen molar-refractivity contribution in [2.45, 2.75) is 46.6 Å². The molecule has 0 amide bonds. The summed E-state index contributed by atoms with van der Waals surface area (Å²) >= 11 is 0. The maximum atomic E-state index is 5.95. The molecule has 0 radical (unpaired) electrons. The third-order valence-electron chi connectivity index (χ3n) is 2.42. The fourth-order valence-electron chi connectivity index (χ4n) is 0.927. The highest BCUT2D eigenvalue weighted by atomic mass is 16.5. The van der Waals surface area contributed by atoms with Crippen LogP contribution in [0.3, 0.4) is 0 Å². The van der Waals surface area contributed by atoms with E-state index in [2.05, 4.69) is 27.7 Å². The van der Waals surface area contributed by atoms with E-state index < -0.39 is 0 Å². The second-order valence-electron chi connectivity index (χ2n) is 5.01. The average Bonchev–Trinajstić information content (AvgIpc) is 2.14. The van der Waals surface area contributed by atoms with Crippen LogP contribution in [0.4, 0.5) is 0 Å². The highest BCUT2D eigenvalue weighted by molar-refractivity contribution is 4.76. The molecule has 3 heteroatoms. The molecule has 3 nitrogen and oxygen atoms in total. The Morgan fingerprint density at radius 1 is 1.07 bits per heavy atom. The molecule has 0 aliphatic carbocycles. The Labute approximate surface area is 94.3 Å². The molecular weight excluding hydrogens is 190 g/mol. The van der Waals surface area contributed by atoms with Crippen molar-refractivity contribution >= 4 is 0 Å². The third kappa shape index (κ3) is 8.85. The molecule has 92 valence electrons. The Hall–Kier alpha value is -0.120. The molecule has 0 aliphatic rings. The minimum Gasteiger partial charge on any atom is -0.379 e. The molecule has 1 unspecified atom stereocenters. The Morgan fingerprint density at radius 2 is 1.67 bits per heavy atom. The van der Waals surface area contributed by atoms with Crippen molar-refractivity contribution in [1.82, 2.24) is 0 Å². The SMILES string of the molecule is CCCCOCCOCC(N)C(C)(C)C. The van der Waals surface area contributed by atoms with Crippen LogP contribution in [0.1, 0.15) is 40.5 Å². The van der Waals surface area contributed by atoms with Crippen molar-refractivity contribution in [1.29, 1.82) is 0 Å². The van der Waals surface area contributed by atoms with Gasteiger partial charge >= 0.3 is 0 Å². The number of unbranched alkanes of at least 4 members (excludes halogenated alkanes) is 1. The summed E-state index contributed by atoms with van der Waals surface area (Å²) in [4.78, 5) is 0. The van der Waals surface area contributed by atoms with Gasteiger partial charge in [0.2, 0.25) is 0 Å². The molecule has 0 aromatic heterocycles. The summed E-state index contributed by atoms with van der Waals surface area (Å²) in [6.45, 7) is 11.3. The van der Waals surface area contributed by atoms with Crippen LogP contribution in [-0.4, -0.2) is 32.5 Å². The molecule has 0 aromatic rings. The third-order valence-corrected chi connectivity index (χ3v) is 2.42. The lowest BCUT2D eigenvalue weighted by Crippen LogP contribution is -2.39. The molecule has 1 atom stereocenters. The lowest BCUT2D eigenvalue weighted by Gasteiger charge is -2.26. The van der Waals surface area contributed by atoms with Crippen molar-refractivity contribution in [2.75, 3.05) is 26.4 Å². The standard InChI is InChI=1S/C12H27NO2/c1-5-6-7-14-8-9-15-10-11(13)12(2,3)4/h11H,5-10,13H2,1-4H3. The van der Waals surface area contributed by atoms with Crippen LogP contribution < -0.4 is 5.73 Å². The predicted molar refractivity (Wildman–Crippen MR) is 64.0 cm³/mol. The molecular formula is C12H27NO2. The van der Waals surface area contributed by atoms with Crippen molar-refractivity contribution < 1.29 is 9.47 Å². The van der Waals surface area contributed by atoms with E-state index in [1.165, 1.54) is 6.42 Å². The van der Waals surface area contributed by atoms with E-state index in [1.54, 1.807) is 0 Å². The van der Waals surface area contributed by atoms with Gasteiger partial charge in [0, 0.05) is 12.6 Å². The molecule has 0 saturated carbocycles. The van der Waals surface area contributed by atoms with Gasteiger partial charge in [0.1, 0.15) is 0 Å². The lowest BCUT2D eigenvalue weighted by molar-refractivity contribution is 0.0305. The van der Waals surface area contributed by atoms with E-state index in [0.717, 1.165) is 13.0 Å². The fraction of sp³-hybridized carbons (Fsp3) is 1.00. The molecule has 15 heavy (non-hydrogen) atoms. The molecule has 0 aliphatic heterocycles. The van der Waals surface area contributed by atoms with Crippen LogP contribution in [0, 0.1) is 5.41 Å². The first kappa shape index (κ1) is 14.9. The Morgan fingerprint density at radius 3 is 2.20 bits per heavy atom. The summed E-state index contributed by atoms with van der Waals surface area (Å²) in [5.74, 6) is 0. The summed E-state index contributed by atoms with van der Waals surface area (Å²) in [5.41, 5.74) is 6.06. The average molecular weight is 217 g/mol. The van der Waals surface area contributed by atoms with Gasteiger partial charge in [0.25, 0.3) is 0 Å². The summed E-state index contributed by atoms with van der Waals surface area (Å²) < 4.78 is 10.8. The smallest absolute Gasteiger partial charge is 0.0701 e. The quantitative estimate of drug-likeness (QED) is 0.634. The zero-order valence-electron chi connectivity index (χ0n) is 10.7. The minimum absolute atomic E-state index is 0.0909. The largest absolute Gasteiger partial charge is 0.379 e. The lowest BCUT2D eigenvalue weighted by atomic mass is 9.88. The van der Waals surface area contributed by atoms with Crippen molar-refractivity contribution in [2.24, 2.45) is 11.1 Å². The van der Waals surface area contributed by atoms with Gasteiger partial charge in [-0.05, 0) is 11.8 Å². The second kappa shape index (κ2) is 8.08. The predicted octanol–water partition coefficient (Wildman–Crippen LogP) is 2.19. The van der Waals surface area contributed by atoms with Crippen molar-refractivity contribution in [3.63, 3.8) is 0 Å².